The van der Waals surface area contributed by atoms with E-state index in [1.54, 1.807) is 0 Å². The van der Waals surface area contributed by atoms with Gasteiger partial charge in [-0.1, -0.05) is 78.1 Å². The Kier molecular flexibility index (Phi) is 11.4. The highest BCUT2D eigenvalue weighted by Gasteiger charge is 2.19. The first-order valence-electron chi connectivity index (χ1n) is 9.10. The Labute approximate surface area is 126 Å². The molecule has 1 aliphatic rings. The van der Waals surface area contributed by atoms with Crippen molar-refractivity contribution in [3.63, 3.8) is 0 Å². The fourth-order valence-corrected chi connectivity index (χ4v) is 3.04. The summed E-state index contributed by atoms with van der Waals surface area (Å²) in [6.07, 6.45) is 16.0. The summed E-state index contributed by atoms with van der Waals surface area (Å²) in [5.41, 5.74) is 0. The maximum Gasteiger partial charge on any atom is 0.157 e. The van der Waals surface area contributed by atoms with E-state index in [0.29, 0.717) is 0 Å². The van der Waals surface area contributed by atoms with E-state index in [1.807, 2.05) is 0 Å². The predicted octanol–water partition coefficient (Wildman–Crippen LogP) is 5.70. The van der Waals surface area contributed by atoms with Crippen molar-refractivity contribution in [2.75, 3.05) is 13.2 Å². The fourth-order valence-electron chi connectivity index (χ4n) is 3.04. The van der Waals surface area contributed by atoms with Gasteiger partial charge in [-0.2, -0.15) is 0 Å². The zero-order valence-electron chi connectivity index (χ0n) is 13.9. The minimum absolute atomic E-state index is 0.0890. The Balaban J connectivity index is 2.21. The van der Waals surface area contributed by atoms with Crippen molar-refractivity contribution in [3.05, 3.63) is 0 Å². The Morgan fingerprint density at radius 2 is 1.35 bits per heavy atom. The molecule has 0 bridgehead atoms. The molecule has 120 valence electrons. The van der Waals surface area contributed by atoms with Crippen molar-refractivity contribution in [2.45, 2.75) is 97.2 Å². The second-order valence-electron chi connectivity index (χ2n) is 6.33. The van der Waals surface area contributed by atoms with E-state index in [2.05, 4.69) is 13.8 Å². The molecular formula is C18H36O2. The minimum Gasteiger partial charge on any atom is -0.353 e. The van der Waals surface area contributed by atoms with E-state index < -0.39 is 0 Å². The van der Waals surface area contributed by atoms with Crippen LogP contribution in [0.3, 0.4) is 0 Å². The van der Waals surface area contributed by atoms with Crippen LogP contribution in [-0.4, -0.2) is 19.5 Å². The molecule has 0 spiro atoms. The van der Waals surface area contributed by atoms with Gasteiger partial charge in [0.15, 0.2) is 6.29 Å². The van der Waals surface area contributed by atoms with Gasteiger partial charge in [-0.05, 0) is 12.3 Å². The highest BCUT2D eigenvalue weighted by molar-refractivity contribution is 4.65. The summed E-state index contributed by atoms with van der Waals surface area (Å²) in [6, 6.07) is 0. The zero-order chi connectivity index (χ0) is 14.5. The Morgan fingerprint density at radius 1 is 0.800 bits per heavy atom. The van der Waals surface area contributed by atoms with Crippen LogP contribution >= 0.6 is 0 Å². The lowest BCUT2D eigenvalue weighted by molar-refractivity contribution is -0.187. The molecule has 20 heavy (non-hydrogen) atoms. The molecule has 0 unspecified atom stereocenters. The Bertz CT molecular complexity index is 188. The fraction of sp³-hybridized carbons (Fsp3) is 1.00. The summed E-state index contributed by atoms with van der Waals surface area (Å²) in [5, 5.41) is 0. The number of unbranched alkanes of at least 4 members (excludes halogenated alkanes) is 6. The third-order valence-electron chi connectivity index (χ3n) is 4.35. The summed E-state index contributed by atoms with van der Waals surface area (Å²) in [4.78, 5) is 0. The molecule has 2 nitrogen and oxygen atoms in total. The molecule has 0 amide bonds. The minimum atomic E-state index is 0.0890. The van der Waals surface area contributed by atoms with Crippen molar-refractivity contribution < 1.29 is 9.47 Å². The number of hydrogen-bond acceptors (Lipinski definition) is 2. The summed E-state index contributed by atoms with van der Waals surface area (Å²) >= 11 is 0. The van der Waals surface area contributed by atoms with E-state index >= 15 is 0 Å². The SMILES string of the molecule is CCCCCCC(CCCCCC)CC1OCCCO1. The van der Waals surface area contributed by atoms with E-state index in [9.17, 15) is 0 Å². The van der Waals surface area contributed by atoms with Gasteiger partial charge in [-0.15, -0.1) is 0 Å². The molecule has 0 aromatic carbocycles. The molecule has 0 aromatic heterocycles. The van der Waals surface area contributed by atoms with Crippen molar-refractivity contribution in [1.82, 2.24) is 0 Å². The van der Waals surface area contributed by atoms with E-state index in [0.717, 1.165) is 32.0 Å². The molecule has 0 N–H and O–H groups in total. The summed E-state index contributed by atoms with van der Waals surface area (Å²) < 4.78 is 11.5. The van der Waals surface area contributed by atoms with Gasteiger partial charge in [0, 0.05) is 6.42 Å². The van der Waals surface area contributed by atoms with Crippen molar-refractivity contribution >= 4 is 0 Å². The van der Waals surface area contributed by atoms with Crippen LogP contribution in [0.1, 0.15) is 90.9 Å². The molecule has 0 aliphatic carbocycles. The quantitative estimate of drug-likeness (QED) is 0.428. The molecule has 1 saturated heterocycles. The Hall–Kier alpha value is -0.0800. The first-order valence-corrected chi connectivity index (χ1v) is 9.10. The molecule has 0 aromatic rings. The number of hydrogen-bond donors (Lipinski definition) is 0. The van der Waals surface area contributed by atoms with E-state index in [-0.39, 0.29) is 6.29 Å². The standard InChI is InChI=1S/C18H36O2/c1-3-5-7-9-12-17(13-10-8-6-4-2)16-18-19-14-11-15-20-18/h17-18H,3-16H2,1-2H3. The zero-order valence-corrected chi connectivity index (χ0v) is 13.9. The molecule has 2 heteroatoms. The van der Waals surface area contributed by atoms with Gasteiger partial charge in [-0.25, -0.2) is 0 Å². The number of ether oxygens (including phenoxy) is 2. The lowest BCUT2D eigenvalue weighted by atomic mass is 9.91. The maximum absolute atomic E-state index is 5.74. The van der Waals surface area contributed by atoms with Gasteiger partial charge in [0.25, 0.3) is 0 Å². The van der Waals surface area contributed by atoms with Gasteiger partial charge >= 0.3 is 0 Å². The summed E-state index contributed by atoms with van der Waals surface area (Å²) in [7, 11) is 0. The number of rotatable bonds is 12. The molecule has 1 fully saturated rings. The average Bonchev–Trinajstić information content (AvgIpc) is 2.49. The third kappa shape index (κ3) is 8.97. The van der Waals surface area contributed by atoms with Gasteiger partial charge in [0.05, 0.1) is 13.2 Å². The van der Waals surface area contributed by atoms with E-state index in [1.165, 1.54) is 64.2 Å². The van der Waals surface area contributed by atoms with Gasteiger partial charge in [-0.3, -0.25) is 0 Å². The van der Waals surface area contributed by atoms with Crippen LogP contribution in [0.5, 0.6) is 0 Å². The van der Waals surface area contributed by atoms with Gasteiger partial charge in [0.2, 0.25) is 0 Å². The molecule has 0 saturated carbocycles. The molecule has 1 aliphatic heterocycles. The molecule has 1 rings (SSSR count). The van der Waals surface area contributed by atoms with Crippen molar-refractivity contribution in [3.8, 4) is 0 Å². The normalized spacial score (nSPS) is 16.9. The smallest absolute Gasteiger partial charge is 0.157 e. The van der Waals surface area contributed by atoms with Gasteiger partial charge < -0.3 is 9.47 Å². The maximum atomic E-state index is 5.74. The molecular weight excluding hydrogens is 248 g/mol. The van der Waals surface area contributed by atoms with Gasteiger partial charge in [0.1, 0.15) is 0 Å². The lowest BCUT2D eigenvalue weighted by Crippen LogP contribution is -2.27. The first kappa shape index (κ1) is 18.0. The third-order valence-corrected chi connectivity index (χ3v) is 4.35. The highest BCUT2D eigenvalue weighted by Crippen LogP contribution is 2.25. The monoisotopic (exact) mass is 284 g/mol. The van der Waals surface area contributed by atoms with Crippen LogP contribution < -0.4 is 0 Å². The highest BCUT2D eigenvalue weighted by atomic mass is 16.7. The molecule has 0 atom stereocenters. The average molecular weight is 284 g/mol. The second kappa shape index (κ2) is 12.6. The lowest BCUT2D eigenvalue weighted by Gasteiger charge is -2.27. The Morgan fingerprint density at radius 3 is 1.85 bits per heavy atom. The largest absolute Gasteiger partial charge is 0.353 e. The van der Waals surface area contributed by atoms with Crippen molar-refractivity contribution in [2.24, 2.45) is 5.92 Å². The molecule has 1 heterocycles. The van der Waals surface area contributed by atoms with Crippen molar-refractivity contribution in [1.29, 1.82) is 0 Å². The predicted molar refractivity (Wildman–Crippen MR) is 85.9 cm³/mol. The first-order chi connectivity index (χ1) is 9.86. The topological polar surface area (TPSA) is 18.5 Å². The molecule has 0 radical (unpaired) electrons. The van der Waals surface area contributed by atoms with Crippen LogP contribution in [0.15, 0.2) is 0 Å². The van der Waals surface area contributed by atoms with Crippen LogP contribution in [0, 0.1) is 5.92 Å². The van der Waals surface area contributed by atoms with Crippen LogP contribution in [0.2, 0.25) is 0 Å². The summed E-state index contributed by atoms with van der Waals surface area (Å²) in [6.45, 7) is 6.35. The van der Waals surface area contributed by atoms with E-state index in [4.69, 9.17) is 9.47 Å². The van der Waals surface area contributed by atoms with Crippen LogP contribution in [-0.2, 0) is 9.47 Å². The second-order valence-corrected chi connectivity index (χ2v) is 6.33. The van der Waals surface area contributed by atoms with Crippen LogP contribution in [0.4, 0.5) is 0 Å². The van der Waals surface area contributed by atoms with Crippen LogP contribution in [0.25, 0.3) is 0 Å². The summed E-state index contributed by atoms with van der Waals surface area (Å²) in [5.74, 6) is 0.812.